The number of nitrogens with one attached hydrogen (secondary N) is 1. The second-order valence-electron chi connectivity index (χ2n) is 3.52. The number of rotatable bonds is 4. The first-order valence-corrected chi connectivity index (χ1v) is 5.96. The SMILES string of the molecule is Cc1ccc(NCCc2cscn2)cc1. The number of thiazole rings is 1. The smallest absolute Gasteiger partial charge is 0.0794 e. The molecule has 0 radical (unpaired) electrons. The molecule has 1 aromatic carbocycles. The summed E-state index contributed by atoms with van der Waals surface area (Å²) in [6, 6.07) is 8.45. The zero-order chi connectivity index (χ0) is 10.5. The first kappa shape index (κ1) is 10.2. The Kier molecular flexibility index (Phi) is 3.35. The van der Waals surface area contributed by atoms with Crippen molar-refractivity contribution in [2.75, 3.05) is 11.9 Å². The van der Waals surface area contributed by atoms with Gasteiger partial charge in [0, 0.05) is 24.0 Å². The molecule has 0 fully saturated rings. The van der Waals surface area contributed by atoms with E-state index in [1.807, 2.05) is 5.51 Å². The molecule has 2 rings (SSSR count). The molecule has 0 spiro atoms. The molecule has 2 aromatic rings. The van der Waals surface area contributed by atoms with Crippen LogP contribution in [0.2, 0.25) is 0 Å². The Morgan fingerprint density at radius 3 is 2.73 bits per heavy atom. The number of benzene rings is 1. The topological polar surface area (TPSA) is 24.9 Å². The molecule has 1 aromatic heterocycles. The van der Waals surface area contributed by atoms with Crippen LogP contribution in [0.5, 0.6) is 0 Å². The minimum atomic E-state index is 0.937. The summed E-state index contributed by atoms with van der Waals surface area (Å²) in [5.41, 5.74) is 5.51. The van der Waals surface area contributed by atoms with E-state index in [0.29, 0.717) is 0 Å². The fraction of sp³-hybridized carbons (Fsp3) is 0.250. The summed E-state index contributed by atoms with van der Waals surface area (Å²) in [7, 11) is 0. The number of anilines is 1. The first-order chi connectivity index (χ1) is 7.34. The van der Waals surface area contributed by atoms with E-state index in [1.54, 1.807) is 11.3 Å². The van der Waals surface area contributed by atoms with Crippen molar-refractivity contribution in [3.8, 4) is 0 Å². The maximum atomic E-state index is 4.24. The van der Waals surface area contributed by atoms with Gasteiger partial charge in [0.1, 0.15) is 0 Å². The van der Waals surface area contributed by atoms with Gasteiger partial charge in [-0.3, -0.25) is 0 Å². The first-order valence-electron chi connectivity index (χ1n) is 5.02. The Morgan fingerprint density at radius 2 is 2.07 bits per heavy atom. The van der Waals surface area contributed by atoms with Crippen LogP contribution >= 0.6 is 11.3 Å². The molecular weight excluding hydrogens is 204 g/mol. The molecule has 15 heavy (non-hydrogen) atoms. The van der Waals surface area contributed by atoms with E-state index in [9.17, 15) is 0 Å². The van der Waals surface area contributed by atoms with Gasteiger partial charge >= 0.3 is 0 Å². The Morgan fingerprint density at radius 1 is 1.27 bits per heavy atom. The second-order valence-corrected chi connectivity index (χ2v) is 4.24. The second kappa shape index (κ2) is 4.94. The lowest BCUT2D eigenvalue weighted by Gasteiger charge is -2.04. The van der Waals surface area contributed by atoms with Crippen molar-refractivity contribution in [2.45, 2.75) is 13.3 Å². The van der Waals surface area contributed by atoms with E-state index >= 15 is 0 Å². The largest absolute Gasteiger partial charge is 0.385 e. The van der Waals surface area contributed by atoms with Crippen LogP contribution < -0.4 is 5.32 Å². The molecule has 1 N–H and O–H groups in total. The summed E-state index contributed by atoms with van der Waals surface area (Å²) >= 11 is 1.65. The van der Waals surface area contributed by atoms with Crippen molar-refractivity contribution in [3.63, 3.8) is 0 Å². The van der Waals surface area contributed by atoms with Crippen LogP contribution in [0.1, 0.15) is 11.3 Å². The average molecular weight is 218 g/mol. The molecule has 0 unspecified atom stereocenters. The highest BCUT2D eigenvalue weighted by Crippen LogP contribution is 2.09. The number of hydrogen-bond donors (Lipinski definition) is 1. The molecule has 0 aliphatic heterocycles. The van der Waals surface area contributed by atoms with Crippen LogP contribution in [0, 0.1) is 6.92 Å². The van der Waals surface area contributed by atoms with Crippen LogP contribution in [0.25, 0.3) is 0 Å². The third-order valence-corrected chi connectivity index (χ3v) is 2.88. The Bertz CT molecular complexity index is 392. The molecule has 0 atom stereocenters. The summed E-state index contributed by atoms with van der Waals surface area (Å²) < 4.78 is 0. The van der Waals surface area contributed by atoms with Gasteiger partial charge in [-0.1, -0.05) is 17.7 Å². The number of hydrogen-bond acceptors (Lipinski definition) is 3. The van der Waals surface area contributed by atoms with E-state index < -0.39 is 0 Å². The van der Waals surface area contributed by atoms with Gasteiger partial charge in [0.05, 0.1) is 11.2 Å². The van der Waals surface area contributed by atoms with E-state index in [2.05, 4.69) is 46.9 Å². The van der Waals surface area contributed by atoms with Gasteiger partial charge in [0.15, 0.2) is 0 Å². The van der Waals surface area contributed by atoms with E-state index in [1.165, 1.54) is 16.9 Å². The molecule has 0 aliphatic rings. The highest BCUT2D eigenvalue weighted by molar-refractivity contribution is 7.07. The standard InChI is InChI=1S/C12H14N2S/c1-10-2-4-11(5-3-10)13-7-6-12-8-15-9-14-12/h2-5,8-9,13H,6-7H2,1H3. The van der Waals surface area contributed by atoms with Gasteiger partial charge in [0.2, 0.25) is 0 Å². The van der Waals surface area contributed by atoms with Crippen molar-refractivity contribution in [2.24, 2.45) is 0 Å². The number of aromatic nitrogens is 1. The molecule has 0 saturated heterocycles. The van der Waals surface area contributed by atoms with Crippen molar-refractivity contribution < 1.29 is 0 Å². The van der Waals surface area contributed by atoms with Crippen molar-refractivity contribution in [3.05, 3.63) is 46.4 Å². The minimum absolute atomic E-state index is 0.937. The third kappa shape index (κ3) is 3.06. The molecular formula is C12H14N2S. The fourth-order valence-electron chi connectivity index (χ4n) is 1.37. The molecule has 0 aliphatic carbocycles. The van der Waals surface area contributed by atoms with Crippen molar-refractivity contribution in [1.82, 2.24) is 4.98 Å². The normalized spacial score (nSPS) is 10.2. The molecule has 0 saturated carbocycles. The Hall–Kier alpha value is -1.35. The zero-order valence-electron chi connectivity index (χ0n) is 8.73. The Labute approximate surface area is 94.0 Å². The van der Waals surface area contributed by atoms with Gasteiger partial charge in [0.25, 0.3) is 0 Å². The monoisotopic (exact) mass is 218 g/mol. The molecule has 1 heterocycles. The summed E-state index contributed by atoms with van der Waals surface area (Å²) in [5, 5.41) is 5.47. The van der Waals surface area contributed by atoms with Gasteiger partial charge in [-0.2, -0.15) is 0 Å². The molecule has 78 valence electrons. The summed E-state index contributed by atoms with van der Waals surface area (Å²) in [5.74, 6) is 0. The van der Waals surface area contributed by atoms with Crippen LogP contribution in [0.15, 0.2) is 35.2 Å². The van der Waals surface area contributed by atoms with Crippen LogP contribution in [-0.4, -0.2) is 11.5 Å². The van der Waals surface area contributed by atoms with Crippen LogP contribution in [0.3, 0.4) is 0 Å². The van der Waals surface area contributed by atoms with Gasteiger partial charge in [-0.25, -0.2) is 4.98 Å². The van der Waals surface area contributed by atoms with Crippen molar-refractivity contribution in [1.29, 1.82) is 0 Å². The summed E-state index contributed by atoms with van der Waals surface area (Å²) in [6.45, 7) is 3.03. The quantitative estimate of drug-likeness (QED) is 0.853. The van der Waals surface area contributed by atoms with Gasteiger partial charge in [-0.15, -0.1) is 11.3 Å². The Balaban J connectivity index is 1.81. The van der Waals surface area contributed by atoms with Crippen LogP contribution in [-0.2, 0) is 6.42 Å². The maximum absolute atomic E-state index is 4.24. The predicted octanol–water partition coefficient (Wildman–Crippen LogP) is 3.11. The summed E-state index contributed by atoms with van der Waals surface area (Å²) in [4.78, 5) is 4.24. The number of aryl methyl sites for hydroxylation is 1. The summed E-state index contributed by atoms with van der Waals surface area (Å²) in [6.07, 6.45) is 0.984. The predicted molar refractivity (Wildman–Crippen MR) is 65.5 cm³/mol. The molecule has 3 heteroatoms. The fourth-order valence-corrected chi connectivity index (χ4v) is 1.96. The van der Waals surface area contributed by atoms with E-state index in [4.69, 9.17) is 0 Å². The average Bonchev–Trinajstić information content (AvgIpc) is 2.74. The van der Waals surface area contributed by atoms with E-state index in [-0.39, 0.29) is 0 Å². The lowest BCUT2D eigenvalue weighted by atomic mass is 10.2. The minimum Gasteiger partial charge on any atom is -0.385 e. The third-order valence-electron chi connectivity index (χ3n) is 2.25. The van der Waals surface area contributed by atoms with Gasteiger partial charge < -0.3 is 5.32 Å². The highest BCUT2D eigenvalue weighted by atomic mass is 32.1. The highest BCUT2D eigenvalue weighted by Gasteiger charge is 1.95. The lowest BCUT2D eigenvalue weighted by molar-refractivity contribution is 0.977. The van der Waals surface area contributed by atoms with E-state index in [0.717, 1.165) is 13.0 Å². The molecule has 2 nitrogen and oxygen atoms in total. The molecule has 0 bridgehead atoms. The lowest BCUT2D eigenvalue weighted by Crippen LogP contribution is -2.04. The zero-order valence-corrected chi connectivity index (χ0v) is 9.55. The number of nitrogens with zero attached hydrogens (tertiary/aromatic N) is 1. The van der Waals surface area contributed by atoms with Gasteiger partial charge in [-0.05, 0) is 19.1 Å². The van der Waals surface area contributed by atoms with Crippen molar-refractivity contribution >= 4 is 17.0 Å². The van der Waals surface area contributed by atoms with Crippen LogP contribution in [0.4, 0.5) is 5.69 Å². The maximum Gasteiger partial charge on any atom is 0.0794 e. The molecule has 0 amide bonds.